The molecule has 1 unspecified atom stereocenters. The number of benzene rings is 1. The fourth-order valence-corrected chi connectivity index (χ4v) is 4.40. The van der Waals surface area contributed by atoms with Gasteiger partial charge in [0.15, 0.2) is 15.6 Å². The predicted molar refractivity (Wildman–Crippen MR) is 105 cm³/mol. The zero-order chi connectivity index (χ0) is 19.3. The standard InChI is InChI=1S/C21H27NO4S/c1-27(24,25)16-19-13-14-20(26-19)21(23)22-15-6-5-11-18(22)12-7-10-17-8-3-2-4-9-17/h2-4,8-9,13-14,18H,5-7,10-12,15-16H2,1H3. The highest BCUT2D eigenvalue weighted by molar-refractivity contribution is 7.89. The van der Waals surface area contributed by atoms with Gasteiger partial charge in [-0.05, 0) is 56.2 Å². The van der Waals surface area contributed by atoms with Crippen LogP contribution in [-0.2, 0) is 22.0 Å². The van der Waals surface area contributed by atoms with Crippen LogP contribution in [0.5, 0.6) is 0 Å². The topological polar surface area (TPSA) is 67.6 Å². The molecule has 0 N–H and O–H groups in total. The van der Waals surface area contributed by atoms with E-state index in [1.807, 2.05) is 11.0 Å². The number of carbonyl (C=O) groups excluding carboxylic acids is 1. The first-order chi connectivity index (χ1) is 12.9. The molecule has 146 valence electrons. The SMILES string of the molecule is CS(=O)(=O)Cc1ccc(C(=O)N2CCCCC2CCCc2ccccc2)o1. The van der Waals surface area contributed by atoms with Gasteiger partial charge in [0.2, 0.25) is 0 Å². The van der Waals surface area contributed by atoms with Crippen LogP contribution in [0.25, 0.3) is 0 Å². The van der Waals surface area contributed by atoms with E-state index in [2.05, 4.69) is 24.3 Å². The van der Waals surface area contributed by atoms with Crippen molar-refractivity contribution in [2.75, 3.05) is 12.8 Å². The molecular formula is C21H27NO4S. The van der Waals surface area contributed by atoms with E-state index in [0.717, 1.165) is 51.3 Å². The molecule has 0 spiro atoms. The molecule has 3 rings (SSSR count). The number of aryl methyl sites for hydroxylation is 1. The van der Waals surface area contributed by atoms with Crippen LogP contribution in [0.2, 0.25) is 0 Å². The highest BCUT2D eigenvalue weighted by Gasteiger charge is 2.29. The Kier molecular flexibility index (Phi) is 6.37. The van der Waals surface area contributed by atoms with Gasteiger partial charge >= 0.3 is 0 Å². The number of rotatable bonds is 7. The van der Waals surface area contributed by atoms with Gasteiger partial charge < -0.3 is 9.32 Å². The normalized spacial score (nSPS) is 17.8. The van der Waals surface area contributed by atoms with Crippen LogP contribution in [0.4, 0.5) is 0 Å². The lowest BCUT2D eigenvalue weighted by Gasteiger charge is -2.35. The lowest BCUT2D eigenvalue weighted by molar-refractivity contribution is 0.0565. The zero-order valence-corrected chi connectivity index (χ0v) is 16.6. The number of nitrogens with zero attached hydrogens (tertiary/aromatic N) is 1. The third-order valence-electron chi connectivity index (χ3n) is 5.01. The monoisotopic (exact) mass is 389 g/mol. The predicted octanol–water partition coefficient (Wildman–Crippen LogP) is 3.84. The molecule has 5 nitrogen and oxygen atoms in total. The molecule has 0 aliphatic carbocycles. The number of likely N-dealkylation sites (tertiary alicyclic amines) is 1. The minimum absolute atomic E-state index is 0.126. The van der Waals surface area contributed by atoms with Crippen LogP contribution in [-0.4, -0.2) is 38.1 Å². The molecule has 1 aromatic heterocycles. The molecule has 1 aliphatic rings. The third-order valence-corrected chi connectivity index (χ3v) is 5.82. The molecule has 0 bridgehead atoms. The Hall–Kier alpha value is -2.08. The number of carbonyl (C=O) groups is 1. The Morgan fingerprint density at radius 3 is 2.67 bits per heavy atom. The summed E-state index contributed by atoms with van der Waals surface area (Å²) in [6.45, 7) is 0.733. The van der Waals surface area contributed by atoms with E-state index in [-0.39, 0.29) is 23.5 Å². The molecule has 6 heteroatoms. The van der Waals surface area contributed by atoms with E-state index >= 15 is 0 Å². The maximum absolute atomic E-state index is 12.9. The van der Waals surface area contributed by atoms with Crippen LogP contribution in [0.3, 0.4) is 0 Å². The largest absolute Gasteiger partial charge is 0.455 e. The summed E-state index contributed by atoms with van der Waals surface area (Å²) in [6.07, 6.45) is 7.32. The number of piperidine rings is 1. The van der Waals surface area contributed by atoms with Gasteiger partial charge in [0.25, 0.3) is 5.91 Å². The van der Waals surface area contributed by atoms with Gasteiger partial charge in [-0.25, -0.2) is 8.42 Å². The average molecular weight is 390 g/mol. The summed E-state index contributed by atoms with van der Waals surface area (Å²) in [6, 6.07) is 13.8. The van der Waals surface area contributed by atoms with Crippen LogP contribution in [0.15, 0.2) is 46.9 Å². The minimum Gasteiger partial charge on any atom is -0.455 e. The van der Waals surface area contributed by atoms with Crippen LogP contribution < -0.4 is 0 Å². The van der Waals surface area contributed by atoms with E-state index in [1.165, 1.54) is 5.56 Å². The van der Waals surface area contributed by atoms with E-state index in [1.54, 1.807) is 12.1 Å². The number of hydrogen-bond donors (Lipinski definition) is 0. The molecule has 2 aromatic rings. The van der Waals surface area contributed by atoms with Crippen LogP contribution in [0, 0.1) is 0 Å². The molecule has 1 atom stereocenters. The number of hydrogen-bond acceptors (Lipinski definition) is 4. The first-order valence-corrected chi connectivity index (χ1v) is 11.6. The van der Waals surface area contributed by atoms with Crippen molar-refractivity contribution in [3.8, 4) is 0 Å². The van der Waals surface area contributed by atoms with E-state index in [9.17, 15) is 13.2 Å². The fraction of sp³-hybridized carbons (Fsp3) is 0.476. The quantitative estimate of drug-likeness (QED) is 0.721. The van der Waals surface area contributed by atoms with Crippen molar-refractivity contribution in [1.82, 2.24) is 4.90 Å². The van der Waals surface area contributed by atoms with Crippen molar-refractivity contribution in [3.63, 3.8) is 0 Å². The fourth-order valence-electron chi connectivity index (χ4n) is 3.72. The molecule has 1 saturated heterocycles. The summed E-state index contributed by atoms with van der Waals surface area (Å²) in [5, 5.41) is 0. The van der Waals surface area contributed by atoms with Gasteiger partial charge in [0, 0.05) is 18.8 Å². The van der Waals surface area contributed by atoms with Crippen molar-refractivity contribution in [3.05, 3.63) is 59.5 Å². The summed E-state index contributed by atoms with van der Waals surface area (Å²) in [5.74, 6) is 0.252. The van der Waals surface area contributed by atoms with Crippen molar-refractivity contribution < 1.29 is 17.6 Å². The van der Waals surface area contributed by atoms with Crippen LogP contribution >= 0.6 is 0 Å². The zero-order valence-electron chi connectivity index (χ0n) is 15.8. The molecular weight excluding hydrogens is 362 g/mol. The van der Waals surface area contributed by atoms with Gasteiger partial charge in [-0.2, -0.15) is 0 Å². The van der Waals surface area contributed by atoms with Gasteiger partial charge in [0.1, 0.15) is 11.5 Å². The third kappa shape index (κ3) is 5.70. The summed E-state index contributed by atoms with van der Waals surface area (Å²) >= 11 is 0. The van der Waals surface area contributed by atoms with Crippen molar-refractivity contribution in [1.29, 1.82) is 0 Å². The maximum atomic E-state index is 12.9. The molecule has 1 aromatic carbocycles. The first-order valence-electron chi connectivity index (χ1n) is 9.54. The molecule has 27 heavy (non-hydrogen) atoms. The maximum Gasteiger partial charge on any atom is 0.289 e. The molecule has 2 heterocycles. The van der Waals surface area contributed by atoms with Gasteiger partial charge in [-0.3, -0.25) is 4.79 Å². The second-order valence-electron chi connectivity index (χ2n) is 7.36. The molecule has 1 amide bonds. The molecule has 1 aliphatic heterocycles. The van der Waals surface area contributed by atoms with Crippen molar-refractivity contribution in [2.24, 2.45) is 0 Å². The first kappa shape index (κ1) is 19.7. The number of furan rings is 1. The van der Waals surface area contributed by atoms with Gasteiger partial charge in [-0.15, -0.1) is 0 Å². The Labute approximate surface area is 161 Å². The molecule has 0 saturated carbocycles. The summed E-state index contributed by atoms with van der Waals surface area (Å²) in [7, 11) is -3.18. The highest BCUT2D eigenvalue weighted by atomic mass is 32.2. The summed E-state index contributed by atoms with van der Waals surface area (Å²) < 4.78 is 28.4. The van der Waals surface area contributed by atoms with Gasteiger partial charge in [-0.1, -0.05) is 30.3 Å². The summed E-state index contributed by atoms with van der Waals surface area (Å²) in [4.78, 5) is 14.8. The molecule has 1 fully saturated rings. The Morgan fingerprint density at radius 1 is 1.15 bits per heavy atom. The van der Waals surface area contributed by atoms with Crippen molar-refractivity contribution in [2.45, 2.75) is 50.3 Å². The molecule has 0 radical (unpaired) electrons. The Balaban J connectivity index is 1.61. The van der Waals surface area contributed by atoms with E-state index < -0.39 is 9.84 Å². The second kappa shape index (κ2) is 8.74. The van der Waals surface area contributed by atoms with E-state index in [0.29, 0.717) is 5.76 Å². The smallest absolute Gasteiger partial charge is 0.289 e. The lowest BCUT2D eigenvalue weighted by Crippen LogP contribution is -2.43. The minimum atomic E-state index is -3.18. The van der Waals surface area contributed by atoms with Gasteiger partial charge in [0.05, 0.1) is 0 Å². The van der Waals surface area contributed by atoms with E-state index in [4.69, 9.17) is 4.42 Å². The summed E-state index contributed by atoms with van der Waals surface area (Å²) in [5.41, 5.74) is 1.32. The Morgan fingerprint density at radius 2 is 1.93 bits per heavy atom. The van der Waals surface area contributed by atoms with Crippen molar-refractivity contribution >= 4 is 15.7 Å². The Bertz CT molecular complexity index is 857. The number of amides is 1. The lowest BCUT2D eigenvalue weighted by atomic mass is 9.95. The number of sulfone groups is 1. The average Bonchev–Trinajstić information content (AvgIpc) is 3.09. The van der Waals surface area contributed by atoms with Crippen LogP contribution in [0.1, 0.15) is 54.0 Å². The second-order valence-corrected chi connectivity index (χ2v) is 9.50. The highest BCUT2D eigenvalue weighted by Crippen LogP contribution is 2.24.